The van der Waals surface area contributed by atoms with E-state index in [1.807, 2.05) is 0 Å². The number of hydrogen-bond donors (Lipinski definition) is 5. The van der Waals surface area contributed by atoms with Crippen molar-refractivity contribution >= 4 is 13.9 Å². The summed E-state index contributed by atoms with van der Waals surface area (Å²) >= 11 is 0. The Balaban J connectivity index is 2.09. The van der Waals surface area contributed by atoms with Gasteiger partial charge in [-0.1, -0.05) is 0 Å². The molecule has 2 amide bonds. The van der Waals surface area contributed by atoms with Crippen LogP contribution in [0.5, 0.6) is 0 Å². The molecule has 2 aliphatic rings. The molecule has 2 saturated heterocycles. The van der Waals surface area contributed by atoms with Crippen molar-refractivity contribution in [1.29, 1.82) is 0 Å². The van der Waals surface area contributed by atoms with E-state index in [-0.39, 0.29) is 13.0 Å². The van der Waals surface area contributed by atoms with Gasteiger partial charge in [-0.25, -0.2) is 9.36 Å². The highest BCUT2D eigenvalue weighted by molar-refractivity contribution is 7.46. The Bertz CT molecular complexity index is 490. The minimum absolute atomic E-state index is 0.119. The zero-order chi connectivity index (χ0) is 16.7. The number of ether oxygens (including phenoxy) is 1. The summed E-state index contributed by atoms with van der Waals surface area (Å²) in [5.74, 6) is -3.83. The average Bonchev–Trinajstić information content (AvgIpc) is 2.59. The van der Waals surface area contributed by atoms with Crippen LogP contribution in [0.25, 0.3) is 0 Å². The SMILES string of the molecule is NC1CCN([C@@H]2O[C@H](COP(=O)(O)O)C(O)C2(F)F)C(=O)N1. The second-order valence-electron chi connectivity index (χ2n) is 4.97. The smallest absolute Gasteiger partial charge is 0.384 e. The Kier molecular flexibility index (Phi) is 4.74. The van der Waals surface area contributed by atoms with Gasteiger partial charge in [0.2, 0.25) is 6.23 Å². The highest BCUT2D eigenvalue weighted by Crippen LogP contribution is 2.41. The Morgan fingerprint density at radius 1 is 1.55 bits per heavy atom. The molecule has 0 saturated carbocycles. The first-order valence-corrected chi connectivity index (χ1v) is 7.79. The number of amides is 2. The summed E-state index contributed by atoms with van der Waals surface area (Å²) in [6.07, 6.45) is -6.64. The largest absolute Gasteiger partial charge is 0.469 e. The maximum Gasteiger partial charge on any atom is 0.469 e. The fourth-order valence-corrected chi connectivity index (χ4v) is 2.57. The van der Waals surface area contributed by atoms with E-state index in [9.17, 15) is 23.2 Å². The van der Waals surface area contributed by atoms with E-state index in [4.69, 9.17) is 20.3 Å². The number of rotatable bonds is 4. The number of halogens is 2. The van der Waals surface area contributed by atoms with Crippen molar-refractivity contribution in [3.8, 4) is 0 Å². The molecule has 0 aromatic rings. The van der Waals surface area contributed by atoms with Gasteiger partial charge in [-0.05, 0) is 6.42 Å². The molecule has 13 heteroatoms. The highest BCUT2D eigenvalue weighted by atomic mass is 31.2. The van der Waals surface area contributed by atoms with Gasteiger partial charge in [-0.3, -0.25) is 9.42 Å². The summed E-state index contributed by atoms with van der Waals surface area (Å²) in [7, 11) is -4.90. The van der Waals surface area contributed by atoms with Gasteiger partial charge >= 0.3 is 19.8 Å². The molecule has 2 aliphatic heterocycles. The number of carbonyl (C=O) groups excluding carboxylic acids is 1. The summed E-state index contributed by atoms with van der Waals surface area (Å²) in [6.45, 7) is -1.07. The zero-order valence-electron chi connectivity index (χ0n) is 11.1. The summed E-state index contributed by atoms with van der Waals surface area (Å²) < 4.78 is 47.6. The third-order valence-electron chi connectivity index (χ3n) is 3.32. The summed E-state index contributed by atoms with van der Waals surface area (Å²) in [4.78, 5) is 29.5. The number of aliphatic hydroxyl groups excluding tert-OH is 1. The van der Waals surface area contributed by atoms with E-state index in [0.29, 0.717) is 4.90 Å². The molecule has 2 rings (SSSR count). The standard InChI is InChI=1S/C9H16F2N3O7P/c10-9(11)6(15)4(3-20-22(17,18)19)21-7(9)14-2-1-5(12)13-8(14)16/h4-7,15H,1-3,12H2,(H,13,16)(H2,17,18,19)/t4-,5?,6?,7-/m1/s1. The van der Waals surface area contributed by atoms with Crippen LogP contribution in [0.15, 0.2) is 0 Å². The number of nitrogens with two attached hydrogens (primary N) is 1. The number of phosphoric ester groups is 1. The molecule has 0 aromatic carbocycles. The van der Waals surface area contributed by atoms with Gasteiger partial charge in [0, 0.05) is 6.54 Å². The number of aliphatic hydroxyl groups is 1. The summed E-state index contributed by atoms with van der Waals surface area (Å²) in [6, 6.07) is -0.882. The third-order valence-corrected chi connectivity index (χ3v) is 3.81. The number of alkyl halides is 2. The van der Waals surface area contributed by atoms with Crippen molar-refractivity contribution in [2.75, 3.05) is 13.2 Å². The molecule has 0 bridgehead atoms. The second-order valence-corrected chi connectivity index (χ2v) is 6.21. The van der Waals surface area contributed by atoms with Crippen molar-refractivity contribution in [2.45, 2.75) is 36.9 Å². The lowest BCUT2D eigenvalue weighted by molar-refractivity contribution is -0.156. The van der Waals surface area contributed by atoms with Gasteiger partial charge in [0.25, 0.3) is 0 Å². The fraction of sp³-hybridized carbons (Fsp3) is 0.889. The van der Waals surface area contributed by atoms with Crippen molar-refractivity contribution in [3.05, 3.63) is 0 Å². The van der Waals surface area contributed by atoms with Crippen LogP contribution in [-0.4, -0.2) is 69.5 Å². The molecule has 2 fully saturated rings. The predicted octanol–water partition coefficient (Wildman–Crippen LogP) is -1.48. The molecule has 0 spiro atoms. The fourth-order valence-electron chi connectivity index (χ4n) is 2.22. The van der Waals surface area contributed by atoms with E-state index in [2.05, 4.69) is 9.84 Å². The van der Waals surface area contributed by atoms with Crippen molar-refractivity contribution in [3.63, 3.8) is 0 Å². The summed E-state index contributed by atoms with van der Waals surface area (Å²) in [5.41, 5.74) is 5.46. The minimum atomic E-state index is -4.90. The molecular formula is C9H16F2N3O7P. The third kappa shape index (κ3) is 3.54. The van der Waals surface area contributed by atoms with Gasteiger partial charge in [0.05, 0.1) is 12.8 Å². The average molecular weight is 347 g/mol. The van der Waals surface area contributed by atoms with E-state index >= 15 is 0 Å². The molecule has 22 heavy (non-hydrogen) atoms. The predicted molar refractivity (Wildman–Crippen MR) is 65.4 cm³/mol. The molecule has 2 heterocycles. The molecule has 0 aliphatic carbocycles. The molecular weight excluding hydrogens is 331 g/mol. The van der Waals surface area contributed by atoms with E-state index < -0.39 is 51.0 Å². The van der Waals surface area contributed by atoms with Gasteiger partial charge in [0.15, 0.2) is 6.10 Å². The summed E-state index contributed by atoms with van der Waals surface area (Å²) in [5, 5.41) is 11.8. The van der Waals surface area contributed by atoms with Gasteiger partial charge in [-0.15, -0.1) is 0 Å². The number of urea groups is 1. The first-order valence-electron chi connectivity index (χ1n) is 6.26. The molecule has 128 valence electrons. The quantitative estimate of drug-likeness (QED) is 0.386. The van der Waals surface area contributed by atoms with Gasteiger partial charge in [-0.2, -0.15) is 8.78 Å². The van der Waals surface area contributed by atoms with Crippen LogP contribution in [0.1, 0.15) is 6.42 Å². The maximum atomic E-state index is 14.0. The van der Waals surface area contributed by atoms with Crippen molar-refractivity contribution in [2.24, 2.45) is 5.73 Å². The van der Waals surface area contributed by atoms with Crippen LogP contribution in [0.4, 0.5) is 13.6 Å². The lowest BCUT2D eigenvalue weighted by Gasteiger charge is -2.36. The number of carbonyl (C=O) groups is 1. The van der Waals surface area contributed by atoms with Crippen LogP contribution < -0.4 is 11.1 Å². The van der Waals surface area contributed by atoms with Crippen LogP contribution in [0, 0.1) is 0 Å². The number of nitrogens with one attached hydrogen (secondary N) is 1. The van der Waals surface area contributed by atoms with E-state index in [1.54, 1.807) is 0 Å². The zero-order valence-corrected chi connectivity index (χ0v) is 12.0. The van der Waals surface area contributed by atoms with Crippen molar-refractivity contribution < 1.29 is 42.3 Å². The molecule has 0 radical (unpaired) electrons. The minimum Gasteiger partial charge on any atom is -0.384 e. The van der Waals surface area contributed by atoms with Crippen LogP contribution >= 0.6 is 7.82 Å². The molecule has 6 N–H and O–H groups in total. The number of hydrogen-bond acceptors (Lipinski definition) is 6. The van der Waals surface area contributed by atoms with Crippen LogP contribution in [-0.2, 0) is 13.8 Å². The Hall–Kier alpha value is -0.880. The molecule has 2 unspecified atom stereocenters. The monoisotopic (exact) mass is 347 g/mol. The second kappa shape index (κ2) is 5.96. The molecule has 0 aromatic heterocycles. The Morgan fingerprint density at radius 2 is 2.18 bits per heavy atom. The first kappa shape index (κ1) is 17.5. The van der Waals surface area contributed by atoms with Crippen LogP contribution in [0.2, 0.25) is 0 Å². The van der Waals surface area contributed by atoms with E-state index in [0.717, 1.165) is 0 Å². The maximum absolute atomic E-state index is 14.0. The van der Waals surface area contributed by atoms with Gasteiger partial charge in [0.1, 0.15) is 6.10 Å². The topological polar surface area (TPSA) is 155 Å². The van der Waals surface area contributed by atoms with Crippen LogP contribution in [0.3, 0.4) is 0 Å². The molecule has 4 atom stereocenters. The lowest BCUT2D eigenvalue weighted by atomic mass is 10.1. The number of nitrogens with zero attached hydrogens (tertiary/aromatic N) is 1. The molecule has 10 nitrogen and oxygen atoms in total. The van der Waals surface area contributed by atoms with E-state index in [1.165, 1.54) is 0 Å². The van der Waals surface area contributed by atoms with Gasteiger partial charge < -0.3 is 30.7 Å². The lowest BCUT2D eigenvalue weighted by Crippen LogP contribution is -2.61. The Labute approximate surface area is 123 Å². The normalized spacial score (nSPS) is 35.5. The van der Waals surface area contributed by atoms with Crippen molar-refractivity contribution in [1.82, 2.24) is 10.2 Å². The first-order chi connectivity index (χ1) is 10.0. The highest BCUT2D eigenvalue weighted by Gasteiger charge is 2.62. The number of phosphoric acid groups is 1. The Morgan fingerprint density at radius 3 is 2.73 bits per heavy atom.